The number of carbonyl (C=O) groups is 2. The molecule has 9 heteroatoms. The molecule has 0 radical (unpaired) electrons. The van der Waals surface area contributed by atoms with Gasteiger partial charge < -0.3 is 20.0 Å². The highest BCUT2D eigenvalue weighted by Gasteiger charge is 2.22. The number of anilines is 1. The molecule has 2 aromatic rings. The van der Waals surface area contributed by atoms with Crippen molar-refractivity contribution >= 4 is 17.8 Å². The van der Waals surface area contributed by atoms with E-state index >= 15 is 0 Å². The average Bonchev–Trinajstić information content (AvgIpc) is 3.19. The maximum Gasteiger partial charge on any atom is 0.309 e. The summed E-state index contributed by atoms with van der Waals surface area (Å²) in [7, 11) is 0. The summed E-state index contributed by atoms with van der Waals surface area (Å²) in [5.41, 5.74) is 0. The number of halogens is 1. The van der Waals surface area contributed by atoms with Gasteiger partial charge in [0.05, 0.1) is 25.2 Å². The Balaban J connectivity index is 1.37. The van der Waals surface area contributed by atoms with Crippen molar-refractivity contribution < 1.29 is 18.4 Å². The first-order valence-electron chi connectivity index (χ1n) is 8.42. The van der Waals surface area contributed by atoms with Gasteiger partial charge in [0.25, 0.3) is 0 Å². The summed E-state index contributed by atoms with van der Waals surface area (Å²) in [5.74, 6) is -0.433. The van der Waals surface area contributed by atoms with Crippen LogP contribution in [0.15, 0.2) is 35.2 Å². The fourth-order valence-electron chi connectivity index (χ4n) is 2.78. The highest BCUT2D eigenvalue weighted by Crippen LogP contribution is 2.19. The van der Waals surface area contributed by atoms with E-state index in [1.165, 1.54) is 6.26 Å². The molecule has 0 atom stereocenters. The van der Waals surface area contributed by atoms with Gasteiger partial charge in [-0.15, -0.1) is 0 Å². The van der Waals surface area contributed by atoms with Crippen molar-refractivity contribution in [1.82, 2.24) is 20.6 Å². The molecule has 2 aromatic heterocycles. The van der Waals surface area contributed by atoms with Crippen molar-refractivity contribution in [1.29, 1.82) is 0 Å². The molecular weight excluding hydrogens is 341 g/mol. The molecular formula is C17H20FN5O3. The van der Waals surface area contributed by atoms with E-state index in [-0.39, 0.29) is 12.5 Å². The number of nitrogens with zero attached hydrogens (tertiary/aromatic N) is 3. The highest BCUT2D eigenvalue weighted by atomic mass is 19.1. The molecule has 1 saturated heterocycles. The number of piperidine rings is 1. The van der Waals surface area contributed by atoms with Gasteiger partial charge in [-0.1, -0.05) is 0 Å². The maximum atomic E-state index is 12.9. The van der Waals surface area contributed by atoms with Gasteiger partial charge >= 0.3 is 11.8 Å². The van der Waals surface area contributed by atoms with Gasteiger partial charge in [-0.3, -0.25) is 9.59 Å². The number of hydrogen-bond donors (Lipinski definition) is 2. The van der Waals surface area contributed by atoms with Crippen molar-refractivity contribution in [2.75, 3.05) is 24.5 Å². The molecule has 138 valence electrons. The summed E-state index contributed by atoms with van der Waals surface area (Å²) in [4.78, 5) is 33.5. The molecule has 2 N–H and O–H groups in total. The number of hydrogen-bond acceptors (Lipinski definition) is 6. The predicted octanol–water partition coefficient (Wildman–Crippen LogP) is 0.858. The molecule has 0 aromatic carbocycles. The molecule has 8 nitrogen and oxygen atoms in total. The van der Waals surface area contributed by atoms with Crippen LogP contribution in [-0.4, -0.2) is 41.4 Å². The summed E-state index contributed by atoms with van der Waals surface area (Å²) in [6, 6.07) is 3.43. The standard InChI is InChI=1S/C17H20FN5O3/c18-13-9-21-17(22-10-13)23-5-3-12(4-6-23)8-19-15(24)16(25)20-11-14-2-1-7-26-14/h1-2,7,9-10,12H,3-6,8,11H2,(H,19,24)(H,20,25). The first kappa shape index (κ1) is 17.8. The monoisotopic (exact) mass is 361 g/mol. The molecule has 1 aliphatic rings. The lowest BCUT2D eigenvalue weighted by Gasteiger charge is -2.31. The fraction of sp³-hybridized carbons (Fsp3) is 0.412. The third kappa shape index (κ3) is 4.78. The van der Waals surface area contributed by atoms with Crippen molar-refractivity contribution in [3.8, 4) is 0 Å². The molecule has 0 unspecified atom stereocenters. The molecule has 0 saturated carbocycles. The minimum absolute atomic E-state index is 0.176. The van der Waals surface area contributed by atoms with Gasteiger partial charge in [-0.2, -0.15) is 0 Å². The Morgan fingerprint density at radius 2 is 1.88 bits per heavy atom. The lowest BCUT2D eigenvalue weighted by Crippen LogP contribution is -2.43. The zero-order chi connectivity index (χ0) is 18.4. The maximum absolute atomic E-state index is 12.9. The minimum Gasteiger partial charge on any atom is -0.467 e. The van der Waals surface area contributed by atoms with Crippen LogP contribution in [0.3, 0.4) is 0 Å². The molecule has 26 heavy (non-hydrogen) atoms. The number of carbonyl (C=O) groups excluding carboxylic acids is 2. The Hall–Kier alpha value is -2.97. The van der Waals surface area contributed by atoms with E-state index in [1.54, 1.807) is 12.1 Å². The highest BCUT2D eigenvalue weighted by molar-refractivity contribution is 6.35. The van der Waals surface area contributed by atoms with Crippen LogP contribution < -0.4 is 15.5 Å². The Labute approximate surface area is 149 Å². The lowest BCUT2D eigenvalue weighted by molar-refractivity contribution is -0.139. The summed E-state index contributed by atoms with van der Waals surface area (Å²) in [5, 5.41) is 5.17. The summed E-state index contributed by atoms with van der Waals surface area (Å²) >= 11 is 0. The van der Waals surface area contributed by atoms with Crippen LogP contribution in [0.2, 0.25) is 0 Å². The van der Waals surface area contributed by atoms with Crippen molar-refractivity contribution in [2.24, 2.45) is 5.92 Å². The van der Waals surface area contributed by atoms with Gasteiger partial charge in [0.15, 0.2) is 5.82 Å². The Kier molecular flexibility index (Phi) is 5.77. The van der Waals surface area contributed by atoms with E-state index in [2.05, 4.69) is 20.6 Å². The van der Waals surface area contributed by atoms with Crippen molar-refractivity contribution in [2.45, 2.75) is 19.4 Å². The van der Waals surface area contributed by atoms with E-state index in [0.717, 1.165) is 38.3 Å². The van der Waals surface area contributed by atoms with Crippen LogP contribution in [0.25, 0.3) is 0 Å². The molecule has 3 rings (SSSR count). The molecule has 2 amide bonds. The number of rotatable bonds is 5. The number of amides is 2. The van der Waals surface area contributed by atoms with Crippen LogP contribution in [0, 0.1) is 11.7 Å². The summed E-state index contributed by atoms with van der Waals surface area (Å²) < 4.78 is 18.0. The zero-order valence-electron chi connectivity index (χ0n) is 14.2. The van der Waals surface area contributed by atoms with Crippen molar-refractivity contribution in [3.63, 3.8) is 0 Å². The van der Waals surface area contributed by atoms with E-state index in [0.29, 0.717) is 18.3 Å². The van der Waals surface area contributed by atoms with E-state index in [1.807, 2.05) is 4.90 Å². The Morgan fingerprint density at radius 3 is 2.54 bits per heavy atom. The third-order valence-electron chi connectivity index (χ3n) is 4.26. The second-order valence-corrected chi connectivity index (χ2v) is 6.10. The molecule has 1 fully saturated rings. The second kappa shape index (κ2) is 8.41. The van der Waals surface area contributed by atoms with Crippen LogP contribution >= 0.6 is 0 Å². The number of nitrogens with one attached hydrogen (secondary N) is 2. The lowest BCUT2D eigenvalue weighted by atomic mass is 9.97. The molecule has 0 aliphatic carbocycles. The SMILES string of the molecule is O=C(NCc1ccco1)C(=O)NCC1CCN(c2ncc(F)cn2)CC1. The van der Waals surface area contributed by atoms with Gasteiger partial charge in [-0.25, -0.2) is 14.4 Å². The minimum atomic E-state index is -0.682. The van der Waals surface area contributed by atoms with Crippen LogP contribution in [0.1, 0.15) is 18.6 Å². The van der Waals surface area contributed by atoms with E-state index < -0.39 is 17.6 Å². The molecule has 3 heterocycles. The zero-order valence-corrected chi connectivity index (χ0v) is 14.2. The van der Waals surface area contributed by atoms with Crippen LogP contribution in [0.5, 0.6) is 0 Å². The first-order valence-corrected chi connectivity index (χ1v) is 8.42. The fourth-order valence-corrected chi connectivity index (χ4v) is 2.78. The van der Waals surface area contributed by atoms with Crippen LogP contribution in [-0.2, 0) is 16.1 Å². The van der Waals surface area contributed by atoms with Gasteiger partial charge in [0, 0.05) is 19.6 Å². The smallest absolute Gasteiger partial charge is 0.309 e. The third-order valence-corrected chi connectivity index (χ3v) is 4.26. The number of aromatic nitrogens is 2. The first-order chi connectivity index (χ1) is 12.6. The quantitative estimate of drug-likeness (QED) is 0.766. The predicted molar refractivity (Wildman–Crippen MR) is 90.5 cm³/mol. The number of furan rings is 1. The topological polar surface area (TPSA) is 100 Å². The molecule has 1 aliphatic heterocycles. The summed E-state index contributed by atoms with van der Waals surface area (Å²) in [6.45, 7) is 2.05. The second-order valence-electron chi connectivity index (χ2n) is 6.10. The van der Waals surface area contributed by atoms with Gasteiger partial charge in [0.2, 0.25) is 5.95 Å². The largest absolute Gasteiger partial charge is 0.467 e. The average molecular weight is 361 g/mol. The molecule has 0 spiro atoms. The van der Waals surface area contributed by atoms with Gasteiger partial charge in [0.1, 0.15) is 5.76 Å². The van der Waals surface area contributed by atoms with Crippen LogP contribution in [0.4, 0.5) is 10.3 Å². The van der Waals surface area contributed by atoms with Crippen molar-refractivity contribution in [3.05, 3.63) is 42.4 Å². The molecule has 0 bridgehead atoms. The Morgan fingerprint density at radius 1 is 1.19 bits per heavy atom. The van der Waals surface area contributed by atoms with E-state index in [9.17, 15) is 14.0 Å². The van der Waals surface area contributed by atoms with Gasteiger partial charge in [-0.05, 0) is 30.9 Å². The normalized spacial score (nSPS) is 14.9. The van der Waals surface area contributed by atoms with E-state index in [4.69, 9.17) is 4.42 Å². The summed E-state index contributed by atoms with van der Waals surface area (Å²) in [6.07, 6.45) is 5.46. The Bertz CT molecular complexity index is 727.